The van der Waals surface area contributed by atoms with Crippen LogP contribution in [0, 0.1) is 18.3 Å². The van der Waals surface area contributed by atoms with E-state index in [-0.39, 0.29) is 17.0 Å². The molecule has 5 heteroatoms. The third kappa shape index (κ3) is 2.95. The molecule has 1 aliphatic heterocycles. The van der Waals surface area contributed by atoms with Crippen LogP contribution < -0.4 is 16.0 Å². The molecule has 4 rings (SSSR count). The number of hydrogen-bond donors (Lipinski definition) is 1. The molecule has 0 aliphatic carbocycles. The molecule has 1 aromatic heterocycles. The van der Waals surface area contributed by atoms with Crippen LogP contribution in [0.15, 0.2) is 83.0 Å². The molecule has 138 valence electrons. The van der Waals surface area contributed by atoms with Crippen molar-refractivity contribution < 1.29 is 4.74 Å². The van der Waals surface area contributed by atoms with Crippen molar-refractivity contribution in [1.82, 2.24) is 4.57 Å². The van der Waals surface area contributed by atoms with Gasteiger partial charge in [-0.3, -0.25) is 4.79 Å². The van der Waals surface area contributed by atoms with Crippen LogP contribution in [-0.2, 0) is 6.54 Å². The van der Waals surface area contributed by atoms with Crippen LogP contribution in [0.2, 0.25) is 0 Å². The molecule has 1 atom stereocenters. The number of nitrogens with two attached hydrogens (primary N) is 1. The van der Waals surface area contributed by atoms with Gasteiger partial charge in [0.05, 0.1) is 18.0 Å². The first-order chi connectivity index (χ1) is 13.6. The molecule has 5 nitrogen and oxygen atoms in total. The summed E-state index contributed by atoms with van der Waals surface area (Å²) in [4.78, 5) is 13.5. The van der Waals surface area contributed by atoms with E-state index >= 15 is 0 Å². The highest BCUT2D eigenvalue weighted by Crippen LogP contribution is 2.40. The Bertz CT molecular complexity index is 1160. The Kier molecular flexibility index (Phi) is 4.46. The van der Waals surface area contributed by atoms with Gasteiger partial charge in [0.1, 0.15) is 17.4 Å². The number of aromatic nitrogens is 1. The monoisotopic (exact) mass is 369 g/mol. The molecular weight excluding hydrogens is 350 g/mol. The molecule has 0 radical (unpaired) electrons. The number of rotatable bonds is 3. The van der Waals surface area contributed by atoms with Crippen LogP contribution in [0.3, 0.4) is 0 Å². The zero-order valence-electron chi connectivity index (χ0n) is 15.4. The molecule has 0 saturated carbocycles. The van der Waals surface area contributed by atoms with Crippen molar-refractivity contribution in [2.45, 2.75) is 19.4 Å². The maximum Gasteiger partial charge on any atom is 0.259 e. The Hall–Kier alpha value is -3.78. The predicted octanol–water partition coefficient (Wildman–Crippen LogP) is 3.42. The maximum atomic E-state index is 13.5. The largest absolute Gasteiger partial charge is 0.440 e. The Balaban J connectivity index is 1.93. The summed E-state index contributed by atoms with van der Waals surface area (Å²) in [6.07, 6.45) is 0. The summed E-state index contributed by atoms with van der Waals surface area (Å²) in [5.74, 6) is -0.0919. The van der Waals surface area contributed by atoms with Crippen LogP contribution >= 0.6 is 0 Å². The Morgan fingerprint density at radius 3 is 2.39 bits per heavy atom. The minimum absolute atomic E-state index is 0.0449. The molecule has 2 aromatic carbocycles. The fraction of sp³-hybridized carbons (Fsp3) is 0.130. The summed E-state index contributed by atoms with van der Waals surface area (Å²) in [6, 6.07) is 23.2. The highest BCUT2D eigenvalue weighted by atomic mass is 16.5. The number of fused-ring (bicyclic) bond motifs is 1. The third-order valence-electron chi connectivity index (χ3n) is 5.01. The molecule has 0 bridgehead atoms. The van der Waals surface area contributed by atoms with Gasteiger partial charge in [-0.25, -0.2) is 0 Å². The molecule has 0 saturated heterocycles. The lowest BCUT2D eigenvalue weighted by molar-refractivity contribution is 0.389. The number of hydrogen-bond acceptors (Lipinski definition) is 4. The van der Waals surface area contributed by atoms with Crippen molar-refractivity contribution >= 4 is 0 Å². The van der Waals surface area contributed by atoms with E-state index in [9.17, 15) is 10.1 Å². The van der Waals surface area contributed by atoms with Gasteiger partial charge < -0.3 is 15.0 Å². The van der Waals surface area contributed by atoms with E-state index < -0.39 is 5.92 Å². The highest BCUT2D eigenvalue weighted by Gasteiger charge is 2.34. The van der Waals surface area contributed by atoms with Crippen LogP contribution in [0.1, 0.15) is 28.3 Å². The average molecular weight is 369 g/mol. The number of allylic oxidation sites excluding steroid dienone is 1. The molecule has 3 aromatic rings. The first-order valence-corrected chi connectivity index (χ1v) is 9.01. The number of benzene rings is 2. The van der Waals surface area contributed by atoms with Gasteiger partial charge in [0.25, 0.3) is 5.56 Å². The van der Waals surface area contributed by atoms with Crippen molar-refractivity contribution in [2.24, 2.45) is 5.73 Å². The van der Waals surface area contributed by atoms with Crippen LogP contribution in [0.4, 0.5) is 0 Å². The maximum absolute atomic E-state index is 13.5. The zero-order valence-corrected chi connectivity index (χ0v) is 15.4. The lowest BCUT2D eigenvalue weighted by atomic mass is 9.84. The van der Waals surface area contributed by atoms with Crippen LogP contribution in [-0.4, -0.2) is 4.57 Å². The zero-order chi connectivity index (χ0) is 19.7. The van der Waals surface area contributed by atoms with Crippen molar-refractivity contribution in [2.75, 3.05) is 0 Å². The predicted molar refractivity (Wildman–Crippen MR) is 107 cm³/mol. The topological polar surface area (TPSA) is 81.0 Å². The Labute approximate surface area is 162 Å². The quantitative estimate of drug-likeness (QED) is 0.767. The molecular formula is C23H19N3O2. The minimum atomic E-state index is -0.551. The van der Waals surface area contributed by atoms with Gasteiger partial charge in [0, 0.05) is 11.8 Å². The van der Waals surface area contributed by atoms with Gasteiger partial charge in [-0.05, 0) is 18.1 Å². The third-order valence-corrected chi connectivity index (χ3v) is 5.01. The van der Waals surface area contributed by atoms with E-state index in [0.29, 0.717) is 17.9 Å². The van der Waals surface area contributed by atoms with Gasteiger partial charge in [-0.15, -0.1) is 0 Å². The number of nitrogens with zero attached hydrogens (tertiary/aromatic N) is 2. The Morgan fingerprint density at radius 1 is 1.11 bits per heavy atom. The molecule has 2 heterocycles. The summed E-state index contributed by atoms with van der Waals surface area (Å²) in [6.45, 7) is 2.31. The smallest absolute Gasteiger partial charge is 0.259 e. The van der Waals surface area contributed by atoms with Gasteiger partial charge in [-0.1, -0.05) is 60.7 Å². The second-order valence-corrected chi connectivity index (χ2v) is 6.78. The summed E-state index contributed by atoms with van der Waals surface area (Å²) >= 11 is 0. The van der Waals surface area contributed by atoms with E-state index in [1.165, 1.54) is 0 Å². The molecule has 0 fully saturated rings. The SMILES string of the molecule is Cc1cc2c(c(=O)n1Cc1ccccc1)[C@@H](c1ccccc1)C(C#N)=C(N)O2. The molecule has 1 aliphatic rings. The van der Waals surface area contributed by atoms with Gasteiger partial charge in [0.15, 0.2) is 0 Å². The van der Waals surface area contributed by atoms with E-state index in [1.807, 2.05) is 73.7 Å². The lowest BCUT2D eigenvalue weighted by Gasteiger charge is -2.27. The molecule has 2 N–H and O–H groups in total. The first-order valence-electron chi connectivity index (χ1n) is 9.01. The average Bonchev–Trinajstić information content (AvgIpc) is 2.71. The standard InChI is InChI=1S/C23H19N3O2/c1-15-12-19-21(23(27)26(15)14-16-8-4-2-5-9-16)20(17-10-6-3-7-11-17)18(13-24)22(25)28-19/h2-12,20H,14,25H2,1H3/t20-/m0/s1. The van der Waals surface area contributed by atoms with Crippen molar-refractivity contribution in [1.29, 1.82) is 5.26 Å². The number of nitriles is 1. The summed E-state index contributed by atoms with van der Waals surface area (Å²) in [5.41, 5.74) is 9.17. The molecule has 0 spiro atoms. The second kappa shape index (κ2) is 7.09. The number of ether oxygens (including phenoxy) is 1. The normalized spacial score (nSPS) is 15.5. The van der Waals surface area contributed by atoms with E-state index in [0.717, 1.165) is 16.8 Å². The molecule has 28 heavy (non-hydrogen) atoms. The lowest BCUT2D eigenvalue weighted by Crippen LogP contribution is -2.33. The van der Waals surface area contributed by atoms with Crippen LogP contribution in [0.25, 0.3) is 0 Å². The fourth-order valence-corrected chi connectivity index (χ4v) is 3.63. The van der Waals surface area contributed by atoms with Gasteiger partial charge in [-0.2, -0.15) is 5.26 Å². The van der Waals surface area contributed by atoms with E-state index in [2.05, 4.69) is 6.07 Å². The van der Waals surface area contributed by atoms with Crippen molar-refractivity contribution in [3.8, 4) is 11.8 Å². The van der Waals surface area contributed by atoms with E-state index in [4.69, 9.17) is 10.5 Å². The first kappa shape index (κ1) is 17.6. The van der Waals surface area contributed by atoms with Crippen LogP contribution in [0.5, 0.6) is 5.75 Å². The van der Waals surface area contributed by atoms with E-state index in [1.54, 1.807) is 4.57 Å². The van der Waals surface area contributed by atoms with Gasteiger partial charge in [0.2, 0.25) is 5.88 Å². The summed E-state index contributed by atoms with van der Waals surface area (Å²) in [5, 5.41) is 9.69. The van der Waals surface area contributed by atoms with Crippen molar-refractivity contribution in [3.05, 3.63) is 111 Å². The number of aryl methyl sites for hydroxylation is 1. The fourth-order valence-electron chi connectivity index (χ4n) is 3.63. The molecule has 0 unspecified atom stereocenters. The second-order valence-electron chi connectivity index (χ2n) is 6.78. The summed E-state index contributed by atoms with van der Waals surface area (Å²) in [7, 11) is 0. The van der Waals surface area contributed by atoms with Crippen molar-refractivity contribution in [3.63, 3.8) is 0 Å². The Morgan fingerprint density at radius 2 is 1.75 bits per heavy atom. The highest BCUT2D eigenvalue weighted by molar-refractivity contribution is 5.55. The minimum Gasteiger partial charge on any atom is -0.440 e. The molecule has 0 amide bonds. The number of pyridine rings is 1. The van der Waals surface area contributed by atoms with Gasteiger partial charge >= 0.3 is 0 Å². The summed E-state index contributed by atoms with van der Waals surface area (Å²) < 4.78 is 7.39.